The fraction of sp³-hybridized carbons (Fsp3) is 0.0606. The van der Waals surface area contributed by atoms with Crippen molar-refractivity contribution in [1.82, 2.24) is 14.3 Å². The standard InChI is InChI=1S/C33H26Cl2N4O5S2/c1-45(41,42)28-4-2-3-25(17-28)24-10-5-22(6-11-24)9-16-32-36-31(29-15-12-26(34)18-30(29)35)20-38(32)19-23-7-13-27(14-8-23)39-21-33(40)37-46(39,43)44/h2-18,20-21,37,40H,19H2,1H3. The Morgan fingerprint density at radius 1 is 0.913 bits per heavy atom. The molecule has 5 aromatic rings. The normalized spacial score (nSPS) is 14.4. The Kier molecular flexibility index (Phi) is 8.43. The van der Waals surface area contributed by atoms with E-state index in [0.29, 0.717) is 39.4 Å². The van der Waals surface area contributed by atoms with Crippen LogP contribution in [0, 0.1) is 0 Å². The number of sulfone groups is 1. The predicted octanol–water partition coefficient (Wildman–Crippen LogP) is 7.16. The zero-order chi connectivity index (χ0) is 32.6. The van der Waals surface area contributed by atoms with Gasteiger partial charge in [-0.25, -0.2) is 22.4 Å². The maximum absolute atomic E-state index is 12.3. The number of hydrogen-bond donors (Lipinski definition) is 2. The Labute approximate surface area is 276 Å². The molecule has 0 bridgehead atoms. The summed E-state index contributed by atoms with van der Waals surface area (Å²) in [6, 6.07) is 26.7. The molecule has 0 saturated carbocycles. The highest BCUT2D eigenvalue weighted by Crippen LogP contribution is 2.31. The van der Waals surface area contributed by atoms with Crippen LogP contribution in [0.2, 0.25) is 10.0 Å². The third-order valence-corrected chi connectivity index (χ3v) is 10.2. The number of nitrogens with one attached hydrogen (secondary N) is 1. The molecule has 6 rings (SSSR count). The number of imidazole rings is 1. The van der Waals surface area contributed by atoms with Crippen molar-refractivity contribution in [2.24, 2.45) is 0 Å². The summed E-state index contributed by atoms with van der Waals surface area (Å²) >= 11 is 12.6. The smallest absolute Gasteiger partial charge is 0.330 e. The first-order valence-electron chi connectivity index (χ1n) is 13.8. The molecular weight excluding hydrogens is 667 g/mol. The molecule has 2 N–H and O–H groups in total. The Bertz CT molecular complexity index is 2230. The molecule has 0 saturated heterocycles. The molecule has 0 unspecified atom stereocenters. The van der Waals surface area contributed by atoms with E-state index in [1.54, 1.807) is 54.6 Å². The second-order valence-corrected chi connectivity index (χ2v) is 15.0. The maximum atomic E-state index is 12.3. The molecule has 1 aromatic heterocycles. The average molecular weight is 694 g/mol. The topological polar surface area (TPSA) is 122 Å². The number of nitrogens with zero attached hydrogens (tertiary/aromatic N) is 3. The van der Waals surface area contributed by atoms with Crippen LogP contribution >= 0.6 is 23.2 Å². The van der Waals surface area contributed by atoms with E-state index in [2.05, 4.69) is 0 Å². The van der Waals surface area contributed by atoms with Crippen LogP contribution in [-0.2, 0) is 26.6 Å². The van der Waals surface area contributed by atoms with Crippen LogP contribution in [0.15, 0.2) is 114 Å². The van der Waals surface area contributed by atoms with E-state index in [9.17, 15) is 21.9 Å². The first kappa shape index (κ1) is 31.4. The molecule has 46 heavy (non-hydrogen) atoms. The highest BCUT2D eigenvalue weighted by molar-refractivity contribution is 7.91. The molecule has 234 valence electrons. The minimum absolute atomic E-state index is 0.265. The van der Waals surface area contributed by atoms with Crippen LogP contribution < -0.4 is 9.03 Å². The number of aromatic nitrogens is 2. The fourth-order valence-corrected chi connectivity index (χ4v) is 7.15. The minimum Gasteiger partial charge on any atom is -0.493 e. The molecule has 0 atom stereocenters. The summed E-state index contributed by atoms with van der Waals surface area (Å²) in [4.78, 5) is 5.11. The monoisotopic (exact) mass is 692 g/mol. The van der Waals surface area contributed by atoms with Crippen molar-refractivity contribution >= 4 is 61.1 Å². The molecular formula is C33H26Cl2N4O5S2. The first-order valence-corrected chi connectivity index (χ1v) is 17.9. The summed E-state index contributed by atoms with van der Waals surface area (Å²) in [5.41, 5.74) is 5.20. The van der Waals surface area contributed by atoms with Crippen molar-refractivity contribution in [1.29, 1.82) is 0 Å². The Balaban J connectivity index is 1.29. The summed E-state index contributed by atoms with van der Waals surface area (Å²) in [7, 11) is -7.21. The van der Waals surface area contributed by atoms with E-state index < -0.39 is 25.9 Å². The summed E-state index contributed by atoms with van der Waals surface area (Å²) in [5.74, 6) is 0.192. The zero-order valence-electron chi connectivity index (χ0n) is 24.2. The summed E-state index contributed by atoms with van der Waals surface area (Å²) < 4.78 is 53.4. The van der Waals surface area contributed by atoms with Crippen LogP contribution in [-0.4, -0.2) is 37.7 Å². The average Bonchev–Trinajstić information content (AvgIpc) is 3.54. The van der Waals surface area contributed by atoms with E-state index in [1.165, 1.54) is 6.26 Å². The molecule has 13 heteroatoms. The second-order valence-electron chi connectivity index (χ2n) is 10.6. The molecule has 0 fully saturated rings. The van der Waals surface area contributed by atoms with E-state index in [0.717, 1.165) is 32.8 Å². The van der Waals surface area contributed by atoms with Gasteiger partial charge in [-0.3, -0.25) is 0 Å². The van der Waals surface area contributed by atoms with Crippen LogP contribution in [0.4, 0.5) is 5.69 Å². The third-order valence-electron chi connectivity index (χ3n) is 7.22. The Hall–Kier alpha value is -4.55. The lowest BCUT2D eigenvalue weighted by atomic mass is 10.0. The first-order chi connectivity index (χ1) is 21.9. The van der Waals surface area contributed by atoms with Crippen LogP contribution in [0.5, 0.6) is 0 Å². The largest absolute Gasteiger partial charge is 0.493 e. The molecule has 0 radical (unpaired) electrons. The van der Waals surface area contributed by atoms with Crippen molar-refractivity contribution < 1.29 is 21.9 Å². The lowest BCUT2D eigenvalue weighted by Gasteiger charge is -2.14. The van der Waals surface area contributed by atoms with Crippen molar-refractivity contribution in [3.05, 3.63) is 136 Å². The minimum atomic E-state index is -3.89. The molecule has 0 aliphatic carbocycles. The fourth-order valence-electron chi connectivity index (χ4n) is 4.93. The van der Waals surface area contributed by atoms with E-state index in [-0.39, 0.29) is 4.90 Å². The van der Waals surface area contributed by atoms with Crippen molar-refractivity contribution in [2.75, 3.05) is 10.6 Å². The van der Waals surface area contributed by atoms with E-state index in [1.807, 2.05) is 64.0 Å². The van der Waals surface area contributed by atoms with Gasteiger partial charge in [-0.15, -0.1) is 0 Å². The molecule has 0 spiro atoms. The van der Waals surface area contributed by atoms with Gasteiger partial charge in [0.15, 0.2) is 9.84 Å². The Morgan fingerprint density at radius 2 is 1.65 bits per heavy atom. The number of halogens is 2. The van der Waals surface area contributed by atoms with E-state index >= 15 is 0 Å². The molecule has 1 aliphatic rings. The van der Waals surface area contributed by atoms with Gasteiger partial charge in [-0.05, 0) is 70.8 Å². The maximum Gasteiger partial charge on any atom is 0.330 e. The summed E-state index contributed by atoms with van der Waals surface area (Å²) in [6.45, 7) is 0.417. The highest BCUT2D eigenvalue weighted by atomic mass is 35.5. The van der Waals surface area contributed by atoms with Gasteiger partial charge >= 0.3 is 10.2 Å². The third kappa shape index (κ3) is 6.82. The van der Waals surface area contributed by atoms with Gasteiger partial charge in [0.05, 0.1) is 27.5 Å². The van der Waals surface area contributed by atoms with Crippen molar-refractivity contribution in [2.45, 2.75) is 11.4 Å². The van der Waals surface area contributed by atoms with Gasteiger partial charge in [-0.2, -0.15) is 8.42 Å². The number of benzene rings is 4. The second kappa shape index (κ2) is 12.3. The van der Waals surface area contributed by atoms with Gasteiger partial charge in [0.25, 0.3) is 0 Å². The van der Waals surface area contributed by atoms with Gasteiger partial charge in [0.2, 0.25) is 5.88 Å². The Morgan fingerprint density at radius 3 is 2.30 bits per heavy atom. The molecule has 1 aliphatic heterocycles. The zero-order valence-corrected chi connectivity index (χ0v) is 27.3. The number of aliphatic hydroxyl groups excluding tert-OH is 1. The quantitative estimate of drug-likeness (QED) is 0.178. The van der Waals surface area contributed by atoms with Gasteiger partial charge < -0.3 is 9.67 Å². The summed E-state index contributed by atoms with van der Waals surface area (Å²) in [5, 5.41) is 10.6. The van der Waals surface area contributed by atoms with E-state index in [4.69, 9.17) is 28.2 Å². The lowest BCUT2D eigenvalue weighted by Crippen LogP contribution is -2.29. The molecule has 4 aromatic carbocycles. The molecule has 2 heterocycles. The van der Waals surface area contributed by atoms with Crippen molar-refractivity contribution in [3.63, 3.8) is 0 Å². The van der Waals surface area contributed by atoms with Crippen molar-refractivity contribution in [3.8, 4) is 22.4 Å². The highest BCUT2D eigenvalue weighted by Gasteiger charge is 2.28. The predicted molar refractivity (Wildman–Crippen MR) is 182 cm³/mol. The SMILES string of the molecule is CS(=O)(=O)c1cccc(-c2ccc(C=Cc3nc(-c4ccc(Cl)cc4Cl)cn3Cc3ccc(N4C=C(O)NS4(=O)=O)cc3)cc2)c1. The molecule has 9 nitrogen and oxygen atoms in total. The van der Waals surface area contributed by atoms with Crippen LogP contribution in [0.3, 0.4) is 0 Å². The number of rotatable bonds is 8. The van der Waals surface area contributed by atoms with Gasteiger partial charge in [0, 0.05) is 29.6 Å². The molecule has 0 amide bonds. The summed E-state index contributed by atoms with van der Waals surface area (Å²) in [6.07, 6.45) is 7.99. The number of hydrogen-bond acceptors (Lipinski definition) is 6. The number of aliphatic hydroxyl groups is 1. The van der Waals surface area contributed by atoms with Gasteiger partial charge in [-0.1, -0.05) is 77.8 Å². The lowest BCUT2D eigenvalue weighted by molar-refractivity contribution is 0.392. The van der Waals surface area contributed by atoms with Gasteiger partial charge in [0.1, 0.15) is 5.82 Å². The van der Waals surface area contributed by atoms with Crippen LogP contribution in [0.25, 0.3) is 34.5 Å². The van der Waals surface area contributed by atoms with Crippen LogP contribution in [0.1, 0.15) is 17.0 Å². The number of anilines is 1.